The van der Waals surface area contributed by atoms with Crippen LogP contribution in [0.1, 0.15) is 41.2 Å². The zero-order valence-electron chi connectivity index (χ0n) is 23.2. The number of carbonyl (C=O) groups is 2. The Hall–Kier alpha value is -4.64. The van der Waals surface area contributed by atoms with E-state index in [4.69, 9.17) is 10.8 Å². The number of pyridine rings is 1. The number of fused-ring (bicyclic) bond motifs is 1. The molecule has 4 heterocycles. The number of anilines is 2. The van der Waals surface area contributed by atoms with Gasteiger partial charge in [-0.2, -0.15) is 5.10 Å². The van der Waals surface area contributed by atoms with Crippen LogP contribution in [0.15, 0.2) is 61.1 Å². The Labute approximate surface area is 238 Å². The third kappa shape index (κ3) is 5.66. The number of nitrogens with zero attached hydrogens (tertiary/aromatic N) is 7. The van der Waals surface area contributed by atoms with Gasteiger partial charge >= 0.3 is 0 Å². The van der Waals surface area contributed by atoms with Gasteiger partial charge in [-0.3, -0.25) is 14.5 Å². The number of aryl methyl sites for hydroxylation is 1. The van der Waals surface area contributed by atoms with Gasteiger partial charge in [-0.15, -0.1) is 0 Å². The third-order valence-corrected chi connectivity index (χ3v) is 7.74. The molecule has 1 saturated heterocycles. The Morgan fingerprint density at radius 2 is 1.93 bits per heavy atom. The van der Waals surface area contributed by atoms with Gasteiger partial charge in [0, 0.05) is 49.1 Å². The van der Waals surface area contributed by atoms with Crippen molar-refractivity contribution in [2.24, 2.45) is 0 Å². The summed E-state index contributed by atoms with van der Waals surface area (Å²) >= 11 is 0. The van der Waals surface area contributed by atoms with Crippen molar-refractivity contribution in [3.8, 4) is 11.3 Å². The number of hydrogen-bond donors (Lipinski definition) is 2. The first kappa shape index (κ1) is 26.6. The zero-order chi connectivity index (χ0) is 28.5. The molecule has 11 heteroatoms. The molecule has 0 unspecified atom stereocenters. The van der Waals surface area contributed by atoms with E-state index in [1.165, 1.54) is 19.2 Å². The van der Waals surface area contributed by atoms with Crippen LogP contribution in [0.5, 0.6) is 0 Å². The summed E-state index contributed by atoms with van der Waals surface area (Å²) in [6.45, 7) is 3.90. The summed E-state index contributed by atoms with van der Waals surface area (Å²) in [5, 5.41) is 8.40. The van der Waals surface area contributed by atoms with E-state index >= 15 is 0 Å². The smallest absolute Gasteiger partial charge is 0.256 e. The number of likely N-dealkylation sites (N-methyl/N-ethyl adjacent to an activating group) is 1. The highest BCUT2D eigenvalue weighted by Crippen LogP contribution is 2.34. The minimum atomic E-state index is -0.253. The fourth-order valence-electron chi connectivity index (χ4n) is 5.26. The van der Waals surface area contributed by atoms with Crippen molar-refractivity contribution in [1.82, 2.24) is 34.5 Å². The molecular formula is C30H33N9O2. The molecule has 2 amide bonds. The second-order valence-electron chi connectivity index (χ2n) is 10.8. The van der Waals surface area contributed by atoms with Crippen molar-refractivity contribution >= 4 is 34.5 Å². The Balaban J connectivity index is 1.20. The highest BCUT2D eigenvalue weighted by Gasteiger charge is 2.30. The standard InChI is InChI=1S/C30H33N9O2/c1-19-11-13-32-24(16-19)35-30(41)21-7-5-20(6-8-21)27-26-28(31)33-18-34-29(26)39(36-27)23-12-15-38(17-23)25(40)4-3-14-37(2)22-9-10-22/h3-8,11,13,16,18,22-23H,9-10,12,14-15,17H2,1-2H3,(H2,31,33,34)(H,32,35,41)/t23-/m1/s1. The average Bonchev–Trinajstić information content (AvgIpc) is 3.57. The molecule has 1 aliphatic heterocycles. The van der Waals surface area contributed by atoms with Crippen molar-refractivity contribution in [2.45, 2.75) is 38.3 Å². The van der Waals surface area contributed by atoms with Crippen LogP contribution in [0.4, 0.5) is 11.6 Å². The first-order chi connectivity index (χ1) is 19.9. The molecule has 41 heavy (non-hydrogen) atoms. The van der Waals surface area contributed by atoms with Crippen LogP contribution in [0.2, 0.25) is 0 Å². The maximum absolute atomic E-state index is 12.9. The predicted octanol–water partition coefficient (Wildman–Crippen LogP) is 3.46. The van der Waals surface area contributed by atoms with Gasteiger partial charge in [0.2, 0.25) is 5.91 Å². The largest absolute Gasteiger partial charge is 0.383 e. The number of likely N-dealkylation sites (tertiary alicyclic amines) is 1. The monoisotopic (exact) mass is 551 g/mol. The fourth-order valence-corrected chi connectivity index (χ4v) is 5.26. The number of amides is 2. The molecule has 3 aromatic heterocycles. The normalized spacial score (nSPS) is 17.1. The molecule has 0 radical (unpaired) electrons. The molecular weight excluding hydrogens is 518 g/mol. The molecule has 1 aromatic carbocycles. The molecule has 2 fully saturated rings. The summed E-state index contributed by atoms with van der Waals surface area (Å²) < 4.78 is 1.87. The van der Waals surface area contributed by atoms with Crippen molar-refractivity contribution < 1.29 is 9.59 Å². The molecule has 1 aliphatic carbocycles. The van der Waals surface area contributed by atoms with Gasteiger partial charge in [0.25, 0.3) is 5.91 Å². The van der Waals surface area contributed by atoms with Crippen LogP contribution >= 0.6 is 0 Å². The molecule has 1 atom stereocenters. The number of nitrogen functional groups attached to an aromatic ring is 1. The summed E-state index contributed by atoms with van der Waals surface area (Å²) in [6.07, 6.45) is 9.96. The molecule has 1 saturated carbocycles. The summed E-state index contributed by atoms with van der Waals surface area (Å²) in [6, 6.07) is 11.5. The van der Waals surface area contributed by atoms with Crippen LogP contribution in [-0.2, 0) is 4.79 Å². The van der Waals surface area contributed by atoms with Crippen LogP contribution in [-0.4, -0.2) is 79.1 Å². The van der Waals surface area contributed by atoms with Crippen LogP contribution in [0, 0.1) is 6.92 Å². The zero-order valence-corrected chi connectivity index (χ0v) is 23.2. The second-order valence-corrected chi connectivity index (χ2v) is 10.8. The van der Waals surface area contributed by atoms with E-state index in [2.05, 4.69) is 32.2 Å². The molecule has 4 aromatic rings. The lowest BCUT2D eigenvalue weighted by Gasteiger charge is -2.16. The van der Waals surface area contributed by atoms with Crippen molar-refractivity contribution in [2.75, 3.05) is 37.7 Å². The Bertz CT molecular complexity index is 1620. The molecule has 210 valence electrons. The lowest BCUT2D eigenvalue weighted by Crippen LogP contribution is -2.28. The van der Waals surface area contributed by atoms with E-state index < -0.39 is 0 Å². The van der Waals surface area contributed by atoms with Gasteiger partial charge in [-0.1, -0.05) is 18.2 Å². The minimum absolute atomic E-state index is 0.0113. The Morgan fingerprint density at radius 3 is 2.68 bits per heavy atom. The Kier molecular flexibility index (Phi) is 7.19. The molecule has 3 N–H and O–H groups in total. The lowest BCUT2D eigenvalue weighted by molar-refractivity contribution is -0.125. The van der Waals surface area contributed by atoms with Crippen molar-refractivity contribution in [1.29, 1.82) is 0 Å². The van der Waals surface area contributed by atoms with Crippen LogP contribution < -0.4 is 11.1 Å². The number of rotatable bonds is 8. The van der Waals surface area contributed by atoms with E-state index in [0.29, 0.717) is 53.1 Å². The fraction of sp³-hybridized carbons (Fsp3) is 0.333. The van der Waals surface area contributed by atoms with E-state index in [1.54, 1.807) is 24.4 Å². The number of benzene rings is 1. The highest BCUT2D eigenvalue weighted by molar-refractivity contribution is 6.04. The van der Waals surface area contributed by atoms with Gasteiger partial charge in [0.15, 0.2) is 5.65 Å². The molecule has 6 rings (SSSR count). The van der Waals surface area contributed by atoms with E-state index in [1.807, 2.05) is 46.8 Å². The average molecular weight is 552 g/mol. The van der Waals surface area contributed by atoms with E-state index in [0.717, 1.165) is 24.1 Å². The third-order valence-electron chi connectivity index (χ3n) is 7.74. The van der Waals surface area contributed by atoms with Gasteiger partial charge in [0.1, 0.15) is 23.7 Å². The van der Waals surface area contributed by atoms with E-state index in [-0.39, 0.29) is 17.9 Å². The molecule has 11 nitrogen and oxygen atoms in total. The quantitative estimate of drug-likeness (QED) is 0.318. The minimum Gasteiger partial charge on any atom is -0.383 e. The Morgan fingerprint density at radius 1 is 1.12 bits per heavy atom. The van der Waals surface area contributed by atoms with Crippen molar-refractivity contribution in [3.05, 3.63) is 72.2 Å². The van der Waals surface area contributed by atoms with Gasteiger partial charge in [-0.25, -0.2) is 19.6 Å². The van der Waals surface area contributed by atoms with Crippen molar-refractivity contribution in [3.63, 3.8) is 0 Å². The number of nitrogens with one attached hydrogen (secondary N) is 1. The summed E-state index contributed by atoms with van der Waals surface area (Å²) in [4.78, 5) is 42.7. The molecule has 0 spiro atoms. The maximum atomic E-state index is 12.9. The van der Waals surface area contributed by atoms with Gasteiger partial charge in [0.05, 0.1) is 11.4 Å². The lowest BCUT2D eigenvalue weighted by atomic mass is 10.1. The van der Waals surface area contributed by atoms with Gasteiger partial charge < -0.3 is 16.0 Å². The van der Waals surface area contributed by atoms with E-state index in [9.17, 15) is 9.59 Å². The molecule has 2 aliphatic rings. The number of carbonyl (C=O) groups excluding carboxylic acids is 2. The van der Waals surface area contributed by atoms with Crippen LogP contribution in [0.3, 0.4) is 0 Å². The molecule has 0 bridgehead atoms. The summed E-state index contributed by atoms with van der Waals surface area (Å²) in [5.74, 6) is 0.588. The summed E-state index contributed by atoms with van der Waals surface area (Å²) in [7, 11) is 2.09. The number of hydrogen-bond acceptors (Lipinski definition) is 8. The van der Waals surface area contributed by atoms with Crippen LogP contribution in [0.25, 0.3) is 22.3 Å². The first-order valence-electron chi connectivity index (χ1n) is 13.9. The predicted molar refractivity (Wildman–Crippen MR) is 157 cm³/mol. The number of aromatic nitrogens is 5. The highest BCUT2D eigenvalue weighted by atomic mass is 16.2. The number of nitrogens with two attached hydrogens (primary N) is 1. The SMILES string of the molecule is Cc1ccnc(NC(=O)c2ccc(-c3nn([C@@H]4CCN(C(=O)C=CCN(C)C5CC5)C4)c4ncnc(N)c34)cc2)c1. The van der Waals surface area contributed by atoms with Gasteiger partial charge in [-0.05, 0) is 63.1 Å². The maximum Gasteiger partial charge on any atom is 0.256 e. The first-order valence-corrected chi connectivity index (χ1v) is 13.9. The second kappa shape index (κ2) is 11.1. The topological polar surface area (TPSA) is 135 Å². The summed E-state index contributed by atoms with van der Waals surface area (Å²) in [5.41, 5.74) is 9.86.